The molecule has 6 heteroatoms. The fourth-order valence-electron chi connectivity index (χ4n) is 2.46. The maximum absolute atomic E-state index is 12.3. The second-order valence-electron chi connectivity index (χ2n) is 8.93. The van der Waals surface area contributed by atoms with Crippen LogP contribution in [0.1, 0.15) is 81.1 Å². The number of amides is 1. The van der Waals surface area contributed by atoms with Gasteiger partial charge in [-0.3, -0.25) is 14.4 Å². The maximum atomic E-state index is 12.3. The maximum Gasteiger partial charge on any atom is 0.303 e. The number of hydrogen-bond acceptors (Lipinski definition) is 4. The summed E-state index contributed by atoms with van der Waals surface area (Å²) in [6.07, 6.45) is 1.98. The van der Waals surface area contributed by atoms with E-state index >= 15 is 0 Å². The molecule has 1 amide bonds. The summed E-state index contributed by atoms with van der Waals surface area (Å²) >= 11 is 0. The first-order valence-corrected chi connectivity index (χ1v) is 9.06. The third-order valence-electron chi connectivity index (χ3n) is 3.68. The number of aliphatic carboxylic acids is 1. The number of ketones is 1. The van der Waals surface area contributed by atoms with E-state index in [9.17, 15) is 14.4 Å². The monoisotopic (exact) mass is 372 g/mol. The number of carboxylic acids is 1. The van der Waals surface area contributed by atoms with Crippen LogP contribution >= 0.6 is 0 Å². The molecule has 0 aromatic rings. The first kappa shape index (κ1) is 26.8. The molecule has 26 heavy (non-hydrogen) atoms. The largest absolute Gasteiger partial charge is 0.481 e. The Labute approximate surface area is 159 Å². The lowest BCUT2D eigenvalue weighted by Crippen LogP contribution is -2.39. The normalized spacial score (nSPS) is 12.8. The SMILES string of the molecule is C.CC(C)(C)C[C@@H](CCC(=O)O)C(=O)NCCCC(=O)CNC(C)(C)C. The van der Waals surface area contributed by atoms with Crippen LogP contribution in [0, 0.1) is 11.3 Å². The topological polar surface area (TPSA) is 95.5 Å². The summed E-state index contributed by atoms with van der Waals surface area (Å²) in [5.41, 5.74) is -0.136. The summed E-state index contributed by atoms with van der Waals surface area (Å²) in [4.78, 5) is 34.9. The van der Waals surface area contributed by atoms with Crippen LogP contribution in [-0.4, -0.2) is 41.4 Å². The van der Waals surface area contributed by atoms with E-state index in [0.717, 1.165) is 0 Å². The number of rotatable bonds is 11. The lowest BCUT2D eigenvalue weighted by molar-refractivity contribution is -0.137. The zero-order valence-corrected chi connectivity index (χ0v) is 16.7. The molecule has 0 aromatic heterocycles. The van der Waals surface area contributed by atoms with Crippen molar-refractivity contribution in [2.75, 3.05) is 13.1 Å². The molecule has 0 unspecified atom stereocenters. The van der Waals surface area contributed by atoms with Crippen LogP contribution in [-0.2, 0) is 14.4 Å². The third-order valence-corrected chi connectivity index (χ3v) is 3.68. The van der Waals surface area contributed by atoms with Gasteiger partial charge in [0.25, 0.3) is 0 Å². The van der Waals surface area contributed by atoms with Crippen molar-refractivity contribution in [2.45, 2.75) is 86.6 Å². The van der Waals surface area contributed by atoms with Gasteiger partial charge in [0.1, 0.15) is 5.78 Å². The van der Waals surface area contributed by atoms with Crippen molar-refractivity contribution < 1.29 is 19.5 Å². The number of carbonyl (C=O) groups is 3. The molecule has 0 aliphatic rings. The van der Waals surface area contributed by atoms with Crippen LogP contribution in [0.5, 0.6) is 0 Å². The molecule has 0 bridgehead atoms. The Balaban J connectivity index is 0. The Morgan fingerprint density at radius 3 is 2.04 bits per heavy atom. The predicted molar refractivity (Wildman–Crippen MR) is 106 cm³/mol. The van der Waals surface area contributed by atoms with E-state index in [4.69, 9.17) is 5.11 Å². The minimum absolute atomic E-state index is 0. The Morgan fingerprint density at radius 1 is 1.00 bits per heavy atom. The summed E-state index contributed by atoms with van der Waals surface area (Å²) in [6, 6.07) is 0. The predicted octanol–water partition coefficient (Wildman–Crippen LogP) is 3.39. The molecule has 0 fully saturated rings. The molecular formula is C20H40N2O4. The highest BCUT2D eigenvalue weighted by molar-refractivity contribution is 5.81. The fourth-order valence-corrected chi connectivity index (χ4v) is 2.46. The Hall–Kier alpha value is -1.43. The van der Waals surface area contributed by atoms with E-state index in [1.54, 1.807) is 0 Å². The van der Waals surface area contributed by atoms with E-state index < -0.39 is 5.97 Å². The second kappa shape index (κ2) is 12.0. The van der Waals surface area contributed by atoms with Crippen molar-refractivity contribution in [3.63, 3.8) is 0 Å². The Morgan fingerprint density at radius 2 is 1.58 bits per heavy atom. The molecule has 0 aliphatic heterocycles. The second-order valence-corrected chi connectivity index (χ2v) is 8.93. The molecule has 0 saturated carbocycles. The summed E-state index contributed by atoms with van der Waals surface area (Å²) in [5.74, 6) is -1.18. The molecule has 0 radical (unpaired) electrons. The highest BCUT2D eigenvalue weighted by atomic mass is 16.4. The molecular weight excluding hydrogens is 332 g/mol. The fraction of sp³-hybridized carbons (Fsp3) is 0.850. The lowest BCUT2D eigenvalue weighted by atomic mass is 9.82. The van der Waals surface area contributed by atoms with Gasteiger partial charge in [0, 0.05) is 30.8 Å². The van der Waals surface area contributed by atoms with Gasteiger partial charge in [-0.2, -0.15) is 0 Å². The lowest BCUT2D eigenvalue weighted by Gasteiger charge is -2.25. The van der Waals surface area contributed by atoms with Gasteiger partial charge in [-0.05, 0) is 45.4 Å². The van der Waals surface area contributed by atoms with Crippen LogP contribution in [0.4, 0.5) is 0 Å². The number of Topliss-reactive ketones (excluding diaryl/α,β-unsaturated/α-hetero) is 1. The van der Waals surface area contributed by atoms with E-state index in [1.807, 2.05) is 41.5 Å². The quantitative estimate of drug-likeness (QED) is 0.483. The average molecular weight is 373 g/mol. The molecule has 0 aromatic carbocycles. The standard InChI is InChI=1S/C19H36N2O4.CH4/c1-18(2,3)12-14(9-10-16(23)24)17(25)20-11-7-8-15(22)13-21-19(4,5)6;/h14,21H,7-13H2,1-6H3,(H,20,25)(H,23,24);1H4/t14-;/m1./s1. The van der Waals surface area contributed by atoms with Crippen molar-refractivity contribution in [3.8, 4) is 0 Å². The average Bonchev–Trinajstić information content (AvgIpc) is 2.43. The van der Waals surface area contributed by atoms with E-state index in [1.165, 1.54) is 0 Å². The molecule has 0 aliphatic carbocycles. The van der Waals surface area contributed by atoms with Gasteiger partial charge in [-0.25, -0.2) is 0 Å². The number of nitrogens with one attached hydrogen (secondary N) is 2. The molecule has 0 saturated heterocycles. The summed E-state index contributed by atoms with van der Waals surface area (Å²) in [5, 5.41) is 14.9. The van der Waals surface area contributed by atoms with Gasteiger partial charge in [-0.15, -0.1) is 0 Å². The van der Waals surface area contributed by atoms with Crippen molar-refractivity contribution in [1.82, 2.24) is 10.6 Å². The molecule has 0 rings (SSSR count). The van der Waals surface area contributed by atoms with Crippen molar-refractivity contribution in [1.29, 1.82) is 0 Å². The van der Waals surface area contributed by atoms with Gasteiger partial charge < -0.3 is 15.7 Å². The van der Waals surface area contributed by atoms with Crippen LogP contribution in [0.25, 0.3) is 0 Å². The Kier molecular flexibility index (Phi) is 12.4. The van der Waals surface area contributed by atoms with E-state index in [2.05, 4.69) is 10.6 Å². The van der Waals surface area contributed by atoms with Gasteiger partial charge in [0.2, 0.25) is 5.91 Å². The van der Waals surface area contributed by atoms with Crippen LogP contribution in [0.2, 0.25) is 0 Å². The van der Waals surface area contributed by atoms with Gasteiger partial charge >= 0.3 is 5.97 Å². The third kappa shape index (κ3) is 16.1. The number of carboxylic acid groups (broad SMARTS) is 1. The highest BCUT2D eigenvalue weighted by Gasteiger charge is 2.25. The molecule has 154 valence electrons. The number of hydrogen-bond donors (Lipinski definition) is 3. The van der Waals surface area contributed by atoms with Crippen molar-refractivity contribution in [2.24, 2.45) is 11.3 Å². The highest BCUT2D eigenvalue weighted by Crippen LogP contribution is 2.27. The van der Waals surface area contributed by atoms with Crippen molar-refractivity contribution >= 4 is 17.7 Å². The molecule has 0 heterocycles. The van der Waals surface area contributed by atoms with Gasteiger partial charge in [-0.1, -0.05) is 28.2 Å². The first-order valence-electron chi connectivity index (χ1n) is 9.06. The molecule has 6 nitrogen and oxygen atoms in total. The summed E-state index contributed by atoms with van der Waals surface area (Å²) in [6.45, 7) is 12.9. The summed E-state index contributed by atoms with van der Waals surface area (Å²) < 4.78 is 0. The van der Waals surface area contributed by atoms with E-state index in [-0.39, 0.29) is 42.4 Å². The zero-order valence-electron chi connectivity index (χ0n) is 16.7. The first-order chi connectivity index (χ1) is 11.3. The molecule has 3 N–H and O–H groups in total. The van der Waals surface area contributed by atoms with Gasteiger partial charge in [0.05, 0.1) is 6.54 Å². The molecule has 0 spiro atoms. The van der Waals surface area contributed by atoms with E-state index in [0.29, 0.717) is 38.8 Å². The Bertz CT molecular complexity index is 448. The smallest absolute Gasteiger partial charge is 0.303 e. The van der Waals surface area contributed by atoms with Crippen LogP contribution < -0.4 is 10.6 Å². The number of carbonyl (C=O) groups excluding carboxylic acids is 2. The van der Waals surface area contributed by atoms with Crippen LogP contribution in [0.15, 0.2) is 0 Å². The van der Waals surface area contributed by atoms with Gasteiger partial charge in [0.15, 0.2) is 0 Å². The zero-order chi connectivity index (χ0) is 19.7. The van der Waals surface area contributed by atoms with Crippen molar-refractivity contribution in [3.05, 3.63) is 0 Å². The minimum atomic E-state index is -0.886. The molecule has 1 atom stereocenters. The van der Waals surface area contributed by atoms with Crippen LogP contribution in [0.3, 0.4) is 0 Å². The minimum Gasteiger partial charge on any atom is -0.481 e. The summed E-state index contributed by atoms with van der Waals surface area (Å²) in [7, 11) is 0.